The fourth-order valence-corrected chi connectivity index (χ4v) is 1.47. The maximum Gasteiger partial charge on any atom is 0.00362 e. The molecule has 0 amide bonds. The fourth-order valence-electron chi connectivity index (χ4n) is 1.47. The molecule has 0 aliphatic carbocycles. The summed E-state index contributed by atoms with van der Waals surface area (Å²) in [6, 6.07) is 9.38. The summed E-state index contributed by atoms with van der Waals surface area (Å²) in [5.74, 6) is 0. The molecule has 1 aromatic rings. The van der Waals surface area contributed by atoms with Gasteiger partial charge < -0.3 is 5.32 Å². The molecule has 1 heteroatoms. The van der Waals surface area contributed by atoms with E-state index in [1.807, 2.05) is 0 Å². The van der Waals surface area contributed by atoms with Crippen molar-refractivity contribution in [3.8, 4) is 0 Å². The molecule has 0 aliphatic heterocycles. The minimum Gasteiger partial charge on any atom is -0.314 e. The smallest absolute Gasteiger partial charge is 0.00362 e. The van der Waals surface area contributed by atoms with Gasteiger partial charge in [-0.2, -0.15) is 0 Å². The molecule has 1 unspecified atom stereocenters. The third-order valence-electron chi connectivity index (χ3n) is 2.60. The predicted molar refractivity (Wildman–Crippen MR) is 62.6 cm³/mol. The molecule has 78 valence electrons. The van der Waals surface area contributed by atoms with Gasteiger partial charge >= 0.3 is 0 Å². The average molecular weight is 191 g/mol. The number of aryl methyl sites for hydroxylation is 1. The van der Waals surface area contributed by atoms with Crippen LogP contribution in [0.25, 0.3) is 0 Å². The molecule has 0 bridgehead atoms. The van der Waals surface area contributed by atoms with Gasteiger partial charge in [-0.1, -0.05) is 36.8 Å². The Labute approximate surface area is 87.5 Å². The first kappa shape index (κ1) is 11.3. The minimum atomic E-state index is 0.639. The quantitative estimate of drug-likeness (QED) is 0.754. The van der Waals surface area contributed by atoms with Crippen LogP contribution in [0.15, 0.2) is 24.3 Å². The number of benzene rings is 1. The largest absolute Gasteiger partial charge is 0.314 e. The highest BCUT2D eigenvalue weighted by atomic mass is 14.9. The second kappa shape index (κ2) is 5.82. The first-order valence-electron chi connectivity index (χ1n) is 5.51. The molecular formula is C13H21N. The lowest BCUT2D eigenvalue weighted by Gasteiger charge is -2.10. The van der Waals surface area contributed by atoms with Crippen molar-refractivity contribution >= 4 is 0 Å². The van der Waals surface area contributed by atoms with Gasteiger partial charge in [0.1, 0.15) is 0 Å². The van der Waals surface area contributed by atoms with Gasteiger partial charge in [0.2, 0.25) is 0 Å². The Balaban J connectivity index is 2.31. The van der Waals surface area contributed by atoms with E-state index in [0.717, 1.165) is 13.0 Å². The summed E-state index contributed by atoms with van der Waals surface area (Å²) in [7, 11) is 0. The molecule has 0 aliphatic rings. The van der Waals surface area contributed by atoms with Crippen LogP contribution in [0.4, 0.5) is 0 Å². The molecule has 0 saturated heterocycles. The first-order valence-corrected chi connectivity index (χ1v) is 5.51. The maximum atomic E-state index is 3.50. The molecule has 0 aromatic heterocycles. The van der Waals surface area contributed by atoms with Crippen LogP contribution in [-0.4, -0.2) is 12.6 Å². The van der Waals surface area contributed by atoms with Gasteiger partial charge in [-0.25, -0.2) is 0 Å². The van der Waals surface area contributed by atoms with E-state index in [1.165, 1.54) is 17.5 Å². The monoisotopic (exact) mass is 191 g/mol. The fraction of sp³-hybridized carbons (Fsp3) is 0.538. The highest BCUT2D eigenvalue weighted by Gasteiger charge is 1.97. The van der Waals surface area contributed by atoms with Crippen molar-refractivity contribution in [1.82, 2.24) is 5.32 Å². The molecular weight excluding hydrogens is 170 g/mol. The van der Waals surface area contributed by atoms with E-state index in [9.17, 15) is 0 Å². The summed E-state index contributed by atoms with van der Waals surface area (Å²) in [5, 5.41) is 3.50. The molecule has 1 aromatic carbocycles. The molecule has 14 heavy (non-hydrogen) atoms. The standard InChI is InChI=1S/C13H21N/c1-4-12(3)14-9-8-13-7-5-6-11(2)10-13/h5-7,10,12,14H,4,8-9H2,1-3H3. The van der Waals surface area contributed by atoms with Crippen molar-refractivity contribution < 1.29 is 0 Å². The van der Waals surface area contributed by atoms with Crippen LogP contribution in [-0.2, 0) is 6.42 Å². The minimum absolute atomic E-state index is 0.639. The number of nitrogens with one attached hydrogen (secondary N) is 1. The third kappa shape index (κ3) is 3.93. The van der Waals surface area contributed by atoms with E-state index in [4.69, 9.17) is 0 Å². The Hall–Kier alpha value is -0.820. The number of rotatable bonds is 5. The summed E-state index contributed by atoms with van der Waals surface area (Å²) in [6.45, 7) is 7.67. The first-order chi connectivity index (χ1) is 6.72. The lowest BCUT2D eigenvalue weighted by Crippen LogP contribution is -2.27. The lowest BCUT2D eigenvalue weighted by atomic mass is 10.1. The molecule has 0 spiro atoms. The van der Waals surface area contributed by atoms with Crippen molar-refractivity contribution in [2.24, 2.45) is 0 Å². The van der Waals surface area contributed by atoms with Gasteiger partial charge in [0.05, 0.1) is 0 Å². The molecule has 0 fully saturated rings. The summed E-state index contributed by atoms with van der Waals surface area (Å²) in [4.78, 5) is 0. The topological polar surface area (TPSA) is 12.0 Å². The molecule has 1 atom stereocenters. The van der Waals surface area contributed by atoms with E-state index < -0.39 is 0 Å². The molecule has 1 rings (SSSR count). The average Bonchev–Trinajstić information content (AvgIpc) is 2.17. The summed E-state index contributed by atoms with van der Waals surface area (Å²) < 4.78 is 0. The second-order valence-corrected chi connectivity index (χ2v) is 4.00. The number of hydrogen-bond acceptors (Lipinski definition) is 1. The van der Waals surface area contributed by atoms with Gasteiger partial charge in [-0.05, 0) is 38.8 Å². The summed E-state index contributed by atoms with van der Waals surface area (Å²) in [5.41, 5.74) is 2.78. The second-order valence-electron chi connectivity index (χ2n) is 4.00. The molecule has 1 N–H and O–H groups in total. The Morgan fingerprint density at radius 1 is 1.36 bits per heavy atom. The SMILES string of the molecule is CCC(C)NCCc1cccc(C)c1. The van der Waals surface area contributed by atoms with Crippen LogP contribution in [0.3, 0.4) is 0 Å². The Morgan fingerprint density at radius 3 is 2.79 bits per heavy atom. The lowest BCUT2D eigenvalue weighted by molar-refractivity contribution is 0.537. The van der Waals surface area contributed by atoms with Crippen LogP contribution in [0.1, 0.15) is 31.4 Å². The van der Waals surface area contributed by atoms with Crippen molar-refractivity contribution in [3.05, 3.63) is 35.4 Å². The number of hydrogen-bond donors (Lipinski definition) is 1. The van der Waals surface area contributed by atoms with Crippen molar-refractivity contribution in [2.45, 2.75) is 39.7 Å². The zero-order valence-electron chi connectivity index (χ0n) is 9.51. The zero-order valence-corrected chi connectivity index (χ0v) is 9.51. The van der Waals surface area contributed by atoms with E-state index >= 15 is 0 Å². The maximum absolute atomic E-state index is 3.50. The van der Waals surface area contributed by atoms with Gasteiger partial charge in [0, 0.05) is 6.04 Å². The van der Waals surface area contributed by atoms with E-state index in [-0.39, 0.29) is 0 Å². The Bertz CT molecular complexity index is 268. The van der Waals surface area contributed by atoms with Gasteiger partial charge in [-0.15, -0.1) is 0 Å². The van der Waals surface area contributed by atoms with E-state index in [0.29, 0.717) is 6.04 Å². The van der Waals surface area contributed by atoms with Crippen LogP contribution in [0, 0.1) is 6.92 Å². The Kier molecular flexibility index (Phi) is 4.68. The van der Waals surface area contributed by atoms with Crippen molar-refractivity contribution in [1.29, 1.82) is 0 Å². The third-order valence-corrected chi connectivity index (χ3v) is 2.60. The van der Waals surface area contributed by atoms with Gasteiger partial charge in [0.25, 0.3) is 0 Å². The van der Waals surface area contributed by atoms with Gasteiger partial charge in [0.15, 0.2) is 0 Å². The van der Waals surface area contributed by atoms with Crippen LogP contribution in [0.5, 0.6) is 0 Å². The van der Waals surface area contributed by atoms with Crippen LogP contribution in [0.2, 0.25) is 0 Å². The molecule has 0 radical (unpaired) electrons. The van der Waals surface area contributed by atoms with E-state index in [1.54, 1.807) is 0 Å². The summed E-state index contributed by atoms with van der Waals surface area (Å²) >= 11 is 0. The highest BCUT2D eigenvalue weighted by Crippen LogP contribution is 2.04. The van der Waals surface area contributed by atoms with Crippen molar-refractivity contribution in [3.63, 3.8) is 0 Å². The molecule has 1 nitrogen and oxygen atoms in total. The molecule has 0 saturated carbocycles. The normalized spacial score (nSPS) is 12.8. The highest BCUT2D eigenvalue weighted by molar-refractivity contribution is 5.22. The Morgan fingerprint density at radius 2 is 2.14 bits per heavy atom. The predicted octanol–water partition coefficient (Wildman–Crippen LogP) is 2.93. The summed E-state index contributed by atoms with van der Waals surface area (Å²) in [6.07, 6.45) is 2.33. The zero-order chi connectivity index (χ0) is 10.4. The van der Waals surface area contributed by atoms with Gasteiger partial charge in [-0.3, -0.25) is 0 Å². The van der Waals surface area contributed by atoms with Crippen molar-refractivity contribution in [2.75, 3.05) is 6.54 Å². The van der Waals surface area contributed by atoms with Crippen LogP contribution < -0.4 is 5.32 Å². The molecule has 0 heterocycles. The van der Waals surface area contributed by atoms with E-state index in [2.05, 4.69) is 50.4 Å². The van der Waals surface area contributed by atoms with Crippen LogP contribution >= 0.6 is 0 Å².